The normalized spacial score (nSPS) is 25.5. The predicted octanol–water partition coefficient (Wildman–Crippen LogP) is 9.16. The summed E-state index contributed by atoms with van der Waals surface area (Å²) in [6.45, 7) is 0. The molecular formula is C26H8F24N2O4. The zero-order valence-corrected chi connectivity index (χ0v) is 25.2. The van der Waals surface area contributed by atoms with Gasteiger partial charge in [-0.05, 0) is 35.4 Å². The molecule has 0 N–H and O–H groups in total. The Labute approximate surface area is 290 Å². The average Bonchev–Trinajstić information content (AvgIpc) is 3.15. The Morgan fingerprint density at radius 3 is 0.768 bits per heavy atom. The molecule has 2 aliphatic rings. The molecule has 0 amide bonds. The number of hydrogen-bond donors (Lipinski definition) is 0. The molecule has 4 rings (SSSR count). The second kappa shape index (κ2) is 12.1. The quantitative estimate of drug-likeness (QED) is 0.120. The fraction of sp³-hybridized carbons (Fsp3) is 0.462. The highest BCUT2D eigenvalue weighted by Crippen LogP contribution is 2.68. The Balaban J connectivity index is 1.61. The molecular weight excluding hydrogens is 860 g/mol. The van der Waals surface area contributed by atoms with E-state index in [9.17, 15) is 106 Å². The van der Waals surface area contributed by atoms with Gasteiger partial charge in [0.2, 0.25) is 0 Å². The summed E-state index contributed by atoms with van der Waals surface area (Å²) < 4.78 is 339. The van der Waals surface area contributed by atoms with Crippen molar-refractivity contribution in [1.82, 2.24) is 9.80 Å². The number of rotatable bonds is 7. The lowest BCUT2D eigenvalue weighted by molar-refractivity contribution is -0.382. The Morgan fingerprint density at radius 2 is 0.589 bits per heavy atom. The lowest BCUT2D eigenvalue weighted by Crippen LogP contribution is -2.70. The number of benzene rings is 2. The standard InChI is InChI=1S/C26H8F24N2O4/c27-15(21(37,38)39,51-23(43,44)17(29,30)18(31,32)24(51,45)46)13(53)55-11-5-1-9(2-6-11)10-3-7-12(8-4-10)56-14(54)16(28,22(40,41)42)52-25(47,48)19(33,34)20(35,36)26(52,49)50/h1-8H/t15-,16+. The molecule has 314 valence electrons. The summed E-state index contributed by atoms with van der Waals surface area (Å²) in [5, 5.41) is 0. The van der Waals surface area contributed by atoms with Crippen LogP contribution in [0.1, 0.15) is 0 Å². The highest BCUT2D eigenvalue weighted by molar-refractivity contribution is 5.84. The molecule has 2 aliphatic heterocycles. The van der Waals surface area contributed by atoms with Crippen LogP contribution in [0.25, 0.3) is 11.1 Å². The number of carbonyl (C=O) groups is 2. The molecule has 6 nitrogen and oxygen atoms in total. The first kappa shape index (κ1) is 44.3. The van der Waals surface area contributed by atoms with Gasteiger partial charge >= 0.3 is 83.8 Å². The largest absolute Gasteiger partial charge is 0.448 e. The van der Waals surface area contributed by atoms with Crippen molar-refractivity contribution < 1.29 is 124 Å². The maximum atomic E-state index is 15.0. The Hall–Kier alpha value is -4.38. The third kappa shape index (κ3) is 5.38. The second-order valence-electron chi connectivity index (χ2n) is 11.2. The summed E-state index contributed by atoms with van der Waals surface area (Å²) in [5.74, 6) is -54.9. The van der Waals surface area contributed by atoms with Crippen molar-refractivity contribution >= 4 is 11.9 Å². The van der Waals surface area contributed by atoms with Gasteiger partial charge in [-0.2, -0.15) is 96.6 Å². The first-order chi connectivity index (χ1) is 24.7. The monoisotopic (exact) mass is 868 g/mol. The molecule has 56 heavy (non-hydrogen) atoms. The van der Waals surface area contributed by atoms with Crippen molar-refractivity contribution in [2.45, 2.75) is 71.8 Å². The number of esters is 2. The van der Waals surface area contributed by atoms with E-state index < -0.39 is 116 Å². The van der Waals surface area contributed by atoms with Crippen LogP contribution in [0.4, 0.5) is 105 Å². The van der Waals surface area contributed by atoms with Gasteiger partial charge in [0.15, 0.2) is 0 Å². The van der Waals surface area contributed by atoms with Crippen molar-refractivity contribution in [3.63, 3.8) is 0 Å². The van der Waals surface area contributed by atoms with Crippen LogP contribution < -0.4 is 9.47 Å². The summed E-state index contributed by atoms with van der Waals surface area (Å²) >= 11 is 0. The molecule has 0 aliphatic carbocycles. The first-order valence-electron chi connectivity index (χ1n) is 13.5. The van der Waals surface area contributed by atoms with Crippen molar-refractivity contribution in [1.29, 1.82) is 0 Å². The zero-order chi connectivity index (χ0) is 43.7. The number of hydrogen-bond acceptors (Lipinski definition) is 6. The van der Waals surface area contributed by atoms with Crippen molar-refractivity contribution in [2.75, 3.05) is 0 Å². The number of carbonyl (C=O) groups excluding carboxylic acids is 2. The molecule has 0 saturated carbocycles. The number of likely N-dealkylation sites (tertiary alicyclic amines) is 2. The van der Waals surface area contributed by atoms with Gasteiger partial charge in [-0.3, -0.25) is 0 Å². The van der Waals surface area contributed by atoms with Gasteiger partial charge in [0.1, 0.15) is 11.5 Å². The van der Waals surface area contributed by atoms with Crippen LogP contribution in [-0.2, 0) is 9.59 Å². The second-order valence-corrected chi connectivity index (χ2v) is 11.2. The van der Waals surface area contributed by atoms with Crippen LogP contribution in [0.2, 0.25) is 0 Å². The summed E-state index contributed by atoms with van der Waals surface area (Å²) in [7, 11) is 0. The lowest BCUT2D eigenvalue weighted by Gasteiger charge is -2.38. The minimum absolute atomic E-state index is 0.226. The van der Waals surface area contributed by atoms with E-state index >= 15 is 8.78 Å². The van der Waals surface area contributed by atoms with Gasteiger partial charge in [-0.25, -0.2) is 18.4 Å². The molecule has 30 heteroatoms. The van der Waals surface area contributed by atoms with Crippen LogP contribution in [0.15, 0.2) is 48.5 Å². The smallest absolute Gasteiger partial charge is 0.423 e. The van der Waals surface area contributed by atoms with E-state index in [0.717, 1.165) is 0 Å². The third-order valence-electron chi connectivity index (χ3n) is 7.79. The Kier molecular flexibility index (Phi) is 9.56. The predicted molar refractivity (Wildman–Crippen MR) is 126 cm³/mol. The number of ether oxygens (including phenoxy) is 2. The van der Waals surface area contributed by atoms with Crippen molar-refractivity contribution in [2.24, 2.45) is 0 Å². The topological polar surface area (TPSA) is 59.1 Å². The molecule has 2 saturated heterocycles. The fourth-order valence-electron chi connectivity index (χ4n) is 4.89. The van der Waals surface area contributed by atoms with Gasteiger partial charge in [0.05, 0.1) is 0 Å². The van der Waals surface area contributed by atoms with Crippen LogP contribution in [0.3, 0.4) is 0 Å². The molecule has 0 aromatic heterocycles. The molecule has 0 bridgehead atoms. The van der Waals surface area contributed by atoms with Crippen LogP contribution in [-0.4, -0.2) is 93.6 Å². The Morgan fingerprint density at radius 1 is 0.393 bits per heavy atom. The number of nitrogens with zero attached hydrogens (tertiary/aromatic N) is 2. The molecule has 2 aromatic rings. The van der Waals surface area contributed by atoms with E-state index in [0.29, 0.717) is 24.3 Å². The molecule has 0 radical (unpaired) electrons. The lowest BCUT2D eigenvalue weighted by atomic mass is 10.1. The fourth-order valence-corrected chi connectivity index (χ4v) is 4.89. The van der Waals surface area contributed by atoms with Crippen molar-refractivity contribution in [3.8, 4) is 22.6 Å². The van der Waals surface area contributed by atoms with Gasteiger partial charge in [-0.15, -0.1) is 9.80 Å². The maximum Gasteiger partial charge on any atom is 0.448 e. The van der Waals surface area contributed by atoms with E-state index in [2.05, 4.69) is 9.47 Å². The molecule has 2 atom stereocenters. The van der Waals surface area contributed by atoms with Gasteiger partial charge in [0.25, 0.3) is 0 Å². The van der Waals surface area contributed by atoms with E-state index in [-0.39, 0.29) is 24.3 Å². The van der Waals surface area contributed by atoms with E-state index in [1.165, 1.54) is 0 Å². The zero-order valence-electron chi connectivity index (χ0n) is 25.2. The highest BCUT2D eigenvalue weighted by Gasteiger charge is 3.00. The summed E-state index contributed by atoms with van der Waals surface area (Å²) in [6, 6.07) is -26.8. The van der Waals surface area contributed by atoms with E-state index in [1.54, 1.807) is 0 Å². The minimum Gasteiger partial charge on any atom is -0.423 e. The summed E-state index contributed by atoms with van der Waals surface area (Å²) in [5.41, 5.74) is -0.810. The van der Waals surface area contributed by atoms with Crippen LogP contribution >= 0.6 is 0 Å². The molecule has 2 heterocycles. The molecule has 2 fully saturated rings. The van der Waals surface area contributed by atoms with Crippen molar-refractivity contribution in [3.05, 3.63) is 48.5 Å². The van der Waals surface area contributed by atoms with Gasteiger partial charge in [0, 0.05) is 0 Å². The molecule has 2 aromatic carbocycles. The highest BCUT2D eigenvalue weighted by atomic mass is 19.4. The van der Waals surface area contributed by atoms with Crippen LogP contribution in [0, 0.1) is 0 Å². The van der Waals surface area contributed by atoms with Crippen LogP contribution in [0.5, 0.6) is 11.5 Å². The minimum atomic E-state index is -7.45. The molecule has 0 spiro atoms. The third-order valence-corrected chi connectivity index (χ3v) is 7.79. The summed E-state index contributed by atoms with van der Waals surface area (Å²) in [6.07, 6.45) is -14.9. The van der Waals surface area contributed by atoms with Gasteiger partial charge < -0.3 is 9.47 Å². The SMILES string of the molecule is O=C(Oc1ccc(-c2ccc(OC(=O)[C@](F)(N3C(F)(F)C(F)(F)C(F)(F)C3(F)F)C(F)(F)F)cc2)cc1)[C@@](F)(N1C(F)(F)C(F)(F)C(F)(F)C1(F)F)C(F)(F)F. The first-order valence-corrected chi connectivity index (χ1v) is 13.5. The number of alkyl halides is 24. The Bertz CT molecular complexity index is 1690. The van der Waals surface area contributed by atoms with Gasteiger partial charge in [-0.1, -0.05) is 24.3 Å². The number of halogens is 24. The summed E-state index contributed by atoms with van der Waals surface area (Å²) in [4.78, 5) is 16.7. The van der Waals surface area contributed by atoms with E-state index in [1.807, 2.05) is 0 Å². The maximum absolute atomic E-state index is 15.0. The molecule has 0 unspecified atom stereocenters. The average molecular weight is 868 g/mol. The van der Waals surface area contributed by atoms with E-state index in [4.69, 9.17) is 0 Å².